The van der Waals surface area contributed by atoms with Crippen LogP contribution in [0.3, 0.4) is 0 Å². The van der Waals surface area contributed by atoms with Crippen molar-refractivity contribution < 1.29 is 9.53 Å². The molecule has 0 fully saturated rings. The number of thiazole rings is 1. The molecule has 0 aliphatic rings. The number of nitrogens with zero attached hydrogens (tertiary/aromatic N) is 5. The van der Waals surface area contributed by atoms with E-state index in [1.165, 1.54) is 11.3 Å². The molecule has 0 spiro atoms. The van der Waals surface area contributed by atoms with E-state index in [1.807, 2.05) is 13.8 Å². The third kappa shape index (κ3) is 3.14. The van der Waals surface area contributed by atoms with Crippen molar-refractivity contribution in [1.29, 1.82) is 0 Å². The summed E-state index contributed by atoms with van der Waals surface area (Å²) in [6, 6.07) is 0. The lowest BCUT2D eigenvalue weighted by Crippen LogP contribution is -2.10. The average Bonchev–Trinajstić information content (AvgIpc) is 2.93. The molecular weight excluding hydrogens is 266 g/mol. The Morgan fingerprint density at radius 1 is 1.42 bits per heavy atom. The molecule has 0 N–H and O–H groups in total. The fourth-order valence-corrected chi connectivity index (χ4v) is 2.44. The van der Waals surface area contributed by atoms with Crippen LogP contribution in [0.5, 0.6) is 0 Å². The molecule has 0 aromatic carbocycles. The van der Waals surface area contributed by atoms with Crippen LogP contribution < -0.4 is 0 Å². The summed E-state index contributed by atoms with van der Waals surface area (Å²) in [6.45, 7) is 6.46. The van der Waals surface area contributed by atoms with E-state index >= 15 is 0 Å². The van der Waals surface area contributed by atoms with Crippen LogP contribution in [0.15, 0.2) is 0 Å². The van der Waals surface area contributed by atoms with E-state index in [9.17, 15) is 4.79 Å². The van der Waals surface area contributed by atoms with Gasteiger partial charge >= 0.3 is 5.97 Å². The second-order valence-electron chi connectivity index (χ2n) is 4.04. The highest BCUT2D eigenvalue weighted by Crippen LogP contribution is 2.18. The molecule has 0 unspecified atom stereocenters. The second kappa shape index (κ2) is 5.87. The maximum Gasteiger partial charge on any atom is 0.350 e. The van der Waals surface area contributed by atoms with E-state index in [1.54, 1.807) is 11.6 Å². The Labute approximate surface area is 114 Å². The standard InChI is InChI=1S/C11H15N5O2S/c1-4-5-16-9(13-14-15-16)6-18-11(17)10-7(2)12-8(3)19-10/h4-6H2,1-3H3. The van der Waals surface area contributed by atoms with E-state index in [2.05, 4.69) is 20.5 Å². The topological polar surface area (TPSA) is 82.8 Å². The van der Waals surface area contributed by atoms with Gasteiger partial charge in [-0.2, -0.15) is 0 Å². The minimum Gasteiger partial charge on any atom is -0.453 e. The summed E-state index contributed by atoms with van der Waals surface area (Å²) in [5.41, 5.74) is 0.695. The second-order valence-corrected chi connectivity index (χ2v) is 5.25. The van der Waals surface area contributed by atoms with Gasteiger partial charge in [0.2, 0.25) is 0 Å². The highest BCUT2D eigenvalue weighted by Gasteiger charge is 2.16. The number of rotatable bonds is 5. The van der Waals surface area contributed by atoms with E-state index in [-0.39, 0.29) is 12.6 Å². The molecule has 102 valence electrons. The summed E-state index contributed by atoms with van der Waals surface area (Å²) < 4.78 is 6.86. The predicted octanol–water partition coefficient (Wildman–Crippen LogP) is 1.51. The Morgan fingerprint density at radius 3 is 2.84 bits per heavy atom. The lowest BCUT2D eigenvalue weighted by atomic mass is 10.4. The van der Waals surface area contributed by atoms with Crippen molar-refractivity contribution in [3.8, 4) is 0 Å². The van der Waals surface area contributed by atoms with Crippen molar-refractivity contribution in [3.05, 3.63) is 21.4 Å². The molecule has 19 heavy (non-hydrogen) atoms. The van der Waals surface area contributed by atoms with Gasteiger partial charge in [-0.3, -0.25) is 0 Å². The van der Waals surface area contributed by atoms with Crippen LogP contribution in [0.4, 0.5) is 0 Å². The third-order valence-electron chi connectivity index (χ3n) is 2.46. The van der Waals surface area contributed by atoms with E-state index in [0.717, 1.165) is 11.4 Å². The highest BCUT2D eigenvalue weighted by atomic mass is 32.1. The number of aromatic nitrogens is 5. The predicted molar refractivity (Wildman–Crippen MR) is 68.8 cm³/mol. The van der Waals surface area contributed by atoms with Crippen molar-refractivity contribution in [1.82, 2.24) is 25.2 Å². The Morgan fingerprint density at radius 2 is 2.21 bits per heavy atom. The smallest absolute Gasteiger partial charge is 0.350 e. The van der Waals surface area contributed by atoms with Crippen molar-refractivity contribution in [2.75, 3.05) is 0 Å². The van der Waals surface area contributed by atoms with Gasteiger partial charge in [-0.05, 0) is 30.7 Å². The van der Waals surface area contributed by atoms with Crippen LogP contribution in [0.1, 0.15) is 39.5 Å². The van der Waals surface area contributed by atoms with Crippen molar-refractivity contribution in [3.63, 3.8) is 0 Å². The Hall–Kier alpha value is -1.83. The van der Waals surface area contributed by atoms with E-state index in [4.69, 9.17) is 4.74 Å². The Balaban J connectivity index is 2.00. The first-order valence-corrected chi connectivity index (χ1v) is 6.79. The maximum absolute atomic E-state index is 11.9. The minimum absolute atomic E-state index is 0.0716. The monoisotopic (exact) mass is 281 g/mol. The number of carbonyl (C=O) groups is 1. The van der Waals surface area contributed by atoms with Crippen LogP contribution in [0.2, 0.25) is 0 Å². The number of hydrogen-bond donors (Lipinski definition) is 0. The minimum atomic E-state index is -0.380. The Bertz CT molecular complexity index is 577. The fraction of sp³-hybridized carbons (Fsp3) is 0.545. The molecule has 0 radical (unpaired) electrons. The Kier molecular flexibility index (Phi) is 4.20. The number of tetrazole rings is 1. The molecule has 0 aliphatic heterocycles. The average molecular weight is 281 g/mol. The maximum atomic E-state index is 11.9. The number of aryl methyl sites for hydroxylation is 3. The molecule has 0 atom stereocenters. The van der Waals surface area contributed by atoms with Gasteiger partial charge in [0.15, 0.2) is 12.4 Å². The molecule has 2 aromatic rings. The van der Waals surface area contributed by atoms with Gasteiger partial charge in [-0.25, -0.2) is 14.5 Å². The van der Waals surface area contributed by atoms with Gasteiger partial charge in [0, 0.05) is 6.54 Å². The van der Waals surface area contributed by atoms with Crippen LogP contribution in [-0.2, 0) is 17.9 Å². The SMILES string of the molecule is CCCn1nnnc1COC(=O)c1sc(C)nc1C. The quantitative estimate of drug-likeness (QED) is 0.773. The number of esters is 1. The van der Waals surface area contributed by atoms with Gasteiger partial charge in [-0.15, -0.1) is 16.4 Å². The molecule has 0 amide bonds. The summed E-state index contributed by atoms with van der Waals surface area (Å²) in [7, 11) is 0. The highest BCUT2D eigenvalue weighted by molar-refractivity contribution is 7.13. The molecule has 0 aliphatic carbocycles. The zero-order valence-corrected chi connectivity index (χ0v) is 11.9. The van der Waals surface area contributed by atoms with Crippen LogP contribution >= 0.6 is 11.3 Å². The lowest BCUT2D eigenvalue weighted by molar-refractivity contribution is 0.0461. The molecule has 8 heteroatoms. The van der Waals surface area contributed by atoms with Gasteiger partial charge in [0.05, 0.1) is 10.7 Å². The summed E-state index contributed by atoms with van der Waals surface area (Å²) in [6.07, 6.45) is 0.916. The summed E-state index contributed by atoms with van der Waals surface area (Å²) >= 11 is 1.33. The zero-order valence-electron chi connectivity index (χ0n) is 11.1. The summed E-state index contributed by atoms with van der Waals surface area (Å²) in [4.78, 5) is 16.6. The van der Waals surface area contributed by atoms with Crippen molar-refractivity contribution >= 4 is 17.3 Å². The largest absolute Gasteiger partial charge is 0.453 e. The van der Waals surface area contributed by atoms with Crippen LogP contribution in [0, 0.1) is 13.8 Å². The van der Waals surface area contributed by atoms with Gasteiger partial charge in [0.1, 0.15) is 4.88 Å². The van der Waals surface area contributed by atoms with Crippen molar-refractivity contribution in [2.24, 2.45) is 0 Å². The van der Waals surface area contributed by atoms with Crippen LogP contribution in [0.25, 0.3) is 0 Å². The fourth-order valence-electron chi connectivity index (χ4n) is 1.63. The molecule has 0 saturated heterocycles. The molecular formula is C11H15N5O2S. The van der Waals surface area contributed by atoms with E-state index < -0.39 is 0 Å². The number of ether oxygens (including phenoxy) is 1. The van der Waals surface area contributed by atoms with Crippen LogP contribution in [-0.4, -0.2) is 31.2 Å². The first-order chi connectivity index (χ1) is 9.11. The van der Waals surface area contributed by atoms with Gasteiger partial charge < -0.3 is 4.74 Å². The molecule has 0 bridgehead atoms. The normalized spacial score (nSPS) is 10.7. The third-order valence-corrected chi connectivity index (χ3v) is 3.52. The molecule has 2 aromatic heterocycles. The van der Waals surface area contributed by atoms with Crippen molar-refractivity contribution in [2.45, 2.75) is 40.3 Å². The lowest BCUT2D eigenvalue weighted by Gasteiger charge is -2.04. The first kappa shape index (κ1) is 13.6. The van der Waals surface area contributed by atoms with Gasteiger partial charge in [-0.1, -0.05) is 6.92 Å². The molecule has 2 heterocycles. The molecule has 2 rings (SSSR count). The van der Waals surface area contributed by atoms with Gasteiger partial charge in [0.25, 0.3) is 0 Å². The first-order valence-electron chi connectivity index (χ1n) is 5.98. The summed E-state index contributed by atoms with van der Waals surface area (Å²) in [5, 5.41) is 12.1. The zero-order chi connectivity index (χ0) is 13.8. The van der Waals surface area contributed by atoms with E-state index in [0.29, 0.717) is 22.9 Å². The summed E-state index contributed by atoms with van der Waals surface area (Å²) in [5.74, 6) is 0.170. The number of carbonyl (C=O) groups excluding carboxylic acids is 1. The molecule has 0 saturated carbocycles. The number of hydrogen-bond acceptors (Lipinski definition) is 7. The molecule has 7 nitrogen and oxygen atoms in total.